The Balaban J connectivity index is 0.000000192. The maximum Gasteiger partial charge on any atom is 0.303 e. The van der Waals surface area contributed by atoms with Gasteiger partial charge in [0.1, 0.15) is 12.2 Å². The number of halogens is 4. The zero-order valence-corrected chi connectivity index (χ0v) is 43.4. The van der Waals surface area contributed by atoms with Crippen molar-refractivity contribution in [1.82, 2.24) is 4.90 Å². The smallest absolute Gasteiger partial charge is 0.303 e. The summed E-state index contributed by atoms with van der Waals surface area (Å²) in [5.74, 6) is -4.56. The number of alkyl halides is 4. The van der Waals surface area contributed by atoms with E-state index in [1.54, 1.807) is 4.90 Å². The first-order valence-electron chi connectivity index (χ1n) is 27.2. The molecule has 0 aromatic carbocycles. The van der Waals surface area contributed by atoms with Crippen LogP contribution in [-0.4, -0.2) is 111 Å². The van der Waals surface area contributed by atoms with Crippen molar-refractivity contribution < 1.29 is 61.1 Å². The molecule has 8 saturated carbocycles. The number of aliphatic hydroxyl groups excluding tert-OH is 4. The number of carboxylic acids is 1. The summed E-state index contributed by atoms with van der Waals surface area (Å²) >= 11 is 0. The minimum absolute atomic E-state index is 0.00841. The summed E-state index contributed by atoms with van der Waals surface area (Å²) < 4.78 is 82.6. The van der Waals surface area contributed by atoms with Gasteiger partial charge in [0.2, 0.25) is 5.91 Å². The van der Waals surface area contributed by atoms with Gasteiger partial charge in [-0.15, -0.1) is 0 Å². The van der Waals surface area contributed by atoms with E-state index in [4.69, 9.17) is 5.11 Å². The molecule has 21 atom stereocenters. The maximum atomic E-state index is 14.8. The standard InChI is InChI=1S/C30H49F2NO5S.C24H38F2O4/c1-5-33(20-11-13-39(37,38)16-20)26(36)9-6-18(2)21-7-8-22-27-23(10-12-28(21,22)3)29(4)17-30(31,32)25(35)15-19(29)14-24(27)34;1-13(4-7-20(29)30)15-5-6-16-21-17(8-9-22(15,16)2)23(3)12-24(25,26)19(28)11-14(23)10-18(21)27/h18-25,27,34-35H,5-17H2,1-4H3;13-19,21,27-28H,4-12H2,1-3H3,(H,29,30)/t18-,19-,20?,21-,22?,23?,24+,25-,27?,28-,29+;13-,14-,15-,16?,17?,18+,19-,21?,22-,23+/m11/s1. The molecule has 8 aliphatic carbocycles. The minimum atomic E-state index is -3.08. The summed E-state index contributed by atoms with van der Waals surface area (Å²) in [5, 5.41) is 51.7. The van der Waals surface area contributed by atoms with E-state index < -0.39 is 62.9 Å². The number of rotatable bonds is 10. The number of carboxylic acid groups (broad SMARTS) is 1. The zero-order valence-electron chi connectivity index (χ0n) is 42.6. The van der Waals surface area contributed by atoms with Crippen LogP contribution in [0, 0.1) is 92.7 Å². The first-order chi connectivity index (χ1) is 32.0. The number of hydrogen-bond acceptors (Lipinski definition) is 8. The fraction of sp³-hybridized carbons (Fsp3) is 0.963. The summed E-state index contributed by atoms with van der Waals surface area (Å²) in [7, 11) is -3.05. The molecule has 15 heteroatoms. The molecule has 9 fully saturated rings. The summed E-state index contributed by atoms with van der Waals surface area (Å²) in [6, 6.07) is -0.210. The Bertz CT molecular complexity index is 2010. The van der Waals surface area contributed by atoms with E-state index in [1.807, 2.05) is 20.8 Å². The number of aliphatic carboxylic acids is 1. The van der Waals surface area contributed by atoms with E-state index in [-0.39, 0.29) is 108 Å². The number of carbonyl (C=O) groups excluding carboxylic acids is 1. The fourth-order valence-corrected chi connectivity index (χ4v) is 21.0. The van der Waals surface area contributed by atoms with Crippen molar-refractivity contribution in [3.05, 3.63) is 0 Å². The third-order valence-electron chi connectivity index (χ3n) is 22.8. The lowest BCUT2D eigenvalue weighted by Gasteiger charge is -2.63. The van der Waals surface area contributed by atoms with Crippen molar-refractivity contribution in [2.75, 3.05) is 18.1 Å². The normalized spacial score (nSPS) is 48.7. The zero-order chi connectivity index (χ0) is 50.6. The van der Waals surface area contributed by atoms with Gasteiger partial charge in [-0.3, -0.25) is 9.59 Å². The third kappa shape index (κ3) is 9.39. The van der Waals surface area contributed by atoms with Crippen LogP contribution in [0.2, 0.25) is 0 Å². The number of amides is 1. The van der Waals surface area contributed by atoms with E-state index in [0.717, 1.165) is 57.8 Å². The van der Waals surface area contributed by atoms with Gasteiger partial charge >= 0.3 is 5.97 Å². The van der Waals surface area contributed by atoms with Crippen LogP contribution in [0.1, 0.15) is 170 Å². The lowest BCUT2D eigenvalue weighted by Crippen LogP contribution is -2.62. The van der Waals surface area contributed by atoms with Crippen LogP contribution in [0.5, 0.6) is 0 Å². The topological polar surface area (TPSA) is 173 Å². The molecule has 69 heavy (non-hydrogen) atoms. The second-order valence-electron chi connectivity index (χ2n) is 26.1. The number of nitrogens with zero attached hydrogens (tertiary/aromatic N) is 1. The first kappa shape index (κ1) is 53.7. The van der Waals surface area contributed by atoms with Crippen molar-refractivity contribution in [2.45, 2.75) is 213 Å². The average molecular weight is 1000 g/mol. The highest BCUT2D eigenvalue weighted by Crippen LogP contribution is 2.71. The lowest BCUT2D eigenvalue weighted by atomic mass is 9.43. The van der Waals surface area contributed by atoms with Gasteiger partial charge in [0.05, 0.1) is 23.7 Å². The van der Waals surface area contributed by atoms with Crippen LogP contribution in [0.4, 0.5) is 17.6 Å². The van der Waals surface area contributed by atoms with E-state index in [0.29, 0.717) is 68.2 Å². The highest BCUT2D eigenvalue weighted by Gasteiger charge is 2.68. The molecule has 0 aromatic rings. The van der Waals surface area contributed by atoms with Crippen LogP contribution in [0.3, 0.4) is 0 Å². The summed E-state index contributed by atoms with van der Waals surface area (Å²) in [6.07, 6.45) is 6.53. The molecule has 1 saturated heterocycles. The molecule has 0 radical (unpaired) electrons. The van der Waals surface area contributed by atoms with Gasteiger partial charge in [-0.05, 0) is 196 Å². The Morgan fingerprint density at radius 1 is 0.623 bits per heavy atom. The van der Waals surface area contributed by atoms with Gasteiger partial charge in [-0.2, -0.15) is 0 Å². The Kier molecular flexibility index (Phi) is 14.8. The van der Waals surface area contributed by atoms with Gasteiger partial charge in [0.15, 0.2) is 9.84 Å². The van der Waals surface area contributed by atoms with Gasteiger partial charge in [0.25, 0.3) is 11.8 Å². The van der Waals surface area contributed by atoms with Crippen LogP contribution < -0.4 is 0 Å². The van der Waals surface area contributed by atoms with E-state index >= 15 is 0 Å². The van der Waals surface area contributed by atoms with Gasteiger partial charge in [-0.25, -0.2) is 26.0 Å². The molecule has 1 aliphatic heterocycles. The molecule has 9 aliphatic rings. The predicted octanol–water partition coefficient (Wildman–Crippen LogP) is 9.40. The number of hydrogen-bond donors (Lipinski definition) is 5. The second-order valence-corrected chi connectivity index (χ2v) is 28.3. The third-order valence-corrected chi connectivity index (χ3v) is 24.6. The number of aliphatic hydroxyl groups is 4. The maximum absolute atomic E-state index is 14.8. The Labute approximate surface area is 409 Å². The van der Waals surface area contributed by atoms with Gasteiger partial charge in [0, 0.05) is 38.3 Å². The molecule has 396 valence electrons. The molecular weight excluding hydrogens is 915 g/mol. The fourth-order valence-electron chi connectivity index (χ4n) is 19.3. The predicted molar refractivity (Wildman–Crippen MR) is 255 cm³/mol. The minimum Gasteiger partial charge on any atom is -0.481 e. The van der Waals surface area contributed by atoms with Gasteiger partial charge < -0.3 is 30.4 Å². The second kappa shape index (κ2) is 19.0. The van der Waals surface area contributed by atoms with Crippen LogP contribution in [-0.2, 0) is 19.4 Å². The summed E-state index contributed by atoms with van der Waals surface area (Å²) in [5.41, 5.74) is -1.06. The molecule has 10 nitrogen and oxygen atoms in total. The Hall–Kier alpha value is -1.55. The lowest BCUT2D eigenvalue weighted by molar-refractivity contribution is -0.236. The average Bonchev–Trinajstić information content (AvgIpc) is 3.92. The molecular formula is C54H87F4NO9S. The molecule has 7 unspecified atom stereocenters. The highest BCUT2D eigenvalue weighted by atomic mass is 32.2. The van der Waals surface area contributed by atoms with Crippen molar-refractivity contribution in [3.63, 3.8) is 0 Å². The van der Waals surface area contributed by atoms with Gasteiger partial charge in [-0.1, -0.05) is 41.5 Å². The van der Waals surface area contributed by atoms with E-state index in [9.17, 15) is 56.0 Å². The molecule has 0 spiro atoms. The molecule has 0 aromatic heterocycles. The van der Waals surface area contributed by atoms with E-state index in [1.165, 1.54) is 0 Å². The largest absolute Gasteiger partial charge is 0.481 e. The molecule has 1 amide bonds. The Morgan fingerprint density at radius 2 is 1.04 bits per heavy atom. The van der Waals surface area contributed by atoms with Crippen molar-refractivity contribution in [2.24, 2.45) is 92.7 Å². The quantitative estimate of drug-likeness (QED) is 0.134. The SMILES string of the molecule is CCN(C(=O)CC[C@@H](C)[C@H]1CCC2C3C(CC[C@@]21C)[C@@]1(C)CC(F)(F)[C@H](O)C[C@H]1C[C@@H]3O)C1CCS(=O)(=O)C1.C[C@H](CCC(=O)O)[C@H]1CCC2C3C(CC[C@@]21C)[C@@]1(C)CC(F)(F)[C@H](O)C[C@H]1C[C@@H]3O. The van der Waals surface area contributed by atoms with E-state index in [2.05, 4.69) is 27.7 Å². The molecule has 1 heterocycles. The first-order valence-corrected chi connectivity index (χ1v) is 29.0. The molecule has 9 rings (SSSR count). The number of carbonyl (C=O) groups is 2. The van der Waals surface area contributed by atoms with Crippen molar-refractivity contribution in [3.8, 4) is 0 Å². The van der Waals surface area contributed by atoms with Crippen LogP contribution in [0.25, 0.3) is 0 Å². The summed E-state index contributed by atoms with van der Waals surface area (Å²) in [4.78, 5) is 26.0. The Morgan fingerprint density at radius 3 is 1.43 bits per heavy atom. The number of sulfone groups is 1. The van der Waals surface area contributed by atoms with Crippen LogP contribution >= 0.6 is 0 Å². The molecule has 0 bridgehead atoms. The van der Waals surface area contributed by atoms with Crippen LogP contribution in [0.15, 0.2) is 0 Å². The monoisotopic (exact) mass is 1000 g/mol. The van der Waals surface area contributed by atoms with Crippen molar-refractivity contribution in [1.29, 1.82) is 0 Å². The highest BCUT2D eigenvalue weighted by molar-refractivity contribution is 7.91. The molecule has 5 N–H and O–H groups in total. The summed E-state index contributed by atoms with van der Waals surface area (Å²) in [6.45, 7) is 15.5. The number of fused-ring (bicyclic) bond motifs is 10. The van der Waals surface area contributed by atoms with Crippen molar-refractivity contribution >= 4 is 21.7 Å².